The number of benzene rings is 1. The predicted octanol–water partition coefficient (Wildman–Crippen LogP) is 3.20. The third kappa shape index (κ3) is 5.33. The Bertz CT molecular complexity index is 555. The molecule has 1 heterocycles. The molecule has 4 nitrogen and oxygen atoms in total. The van der Waals surface area contributed by atoms with Crippen LogP contribution < -0.4 is 14.8 Å². The molecule has 2 N–H and O–H groups in total. The second-order valence-corrected chi connectivity index (χ2v) is 6.09. The van der Waals surface area contributed by atoms with E-state index < -0.39 is 0 Å². The fourth-order valence-corrected chi connectivity index (χ4v) is 2.63. The van der Waals surface area contributed by atoms with Gasteiger partial charge in [-0.15, -0.1) is 11.3 Å². The summed E-state index contributed by atoms with van der Waals surface area (Å²) in [6, 6.07) is 10.0. The Morgan fingerprint density at radius 3 is 2.77 bits per heavy atom. The lowest BCUT2D eigenvalue weighted by Crippen LogP contribution is -2.23. The van der Waals surface area contributed by atoms with Gasteiger partial charge in [-0.3, -0.25) is 0 Å². The molecule has 0 radical (unpaired) electrons. The zero-order chi connectivity index (χ0) is 15.8. The minimum atomic E-state index is -0.347. The van der Waals surface area contributed by atoms with Gasteiger partial charge in [-0.1, -0.05) is 12.1 Å². The van der Waals surface area contributed by atoms with Crippen LogP contribution in [0.1, 0.15) is 24.3 Å². The van der Waals surface area contributed by atoms with Crippen molar-refractivity contribution in [3.63, 3.8) is 0 Å². The smallest absolute Gasteiger partial charge is 0.161 e. The summed E-state index contributed by atoms with van der Waals surface area (Å²) >= 11 is 1.68. The standard InChI is InChI=1S/C17H23NO3S/c1-3-20-17-9-14(11-18-10-13(2)19)6-7-16(17)21-12-15-5-4-8-22-15/h4-9,13,18-19H,3,10-12H2,1-2H3/t13-/m0/s1. The Labute approximate surface area is 135 Å². The third-order valence-electron chi connectivity index (χ3n) is 3.03. The maximum Gasteiger partial charge on any atom is 0.161 e. The quantitative estimate of drug-likeness (QED) is 0.745. The van der Waals surface area contributed by atoms with Crippen LogP contribution in [0.15, 0.2) is 35.7 Å². The van der Waals surface area contributed by atoms with Crippen molar-refractivity contribution in [1.82, 2.24) is 5.32 Å². The minimum absolute atomic E-state index is 0.347. The summed E-state index contributed by atoms with van der Waals surface area (Å²) in [7, 11) is 0. The van der Waals surface area contributed by atoms with Crippen LogP contribution in [-0.4, -0.2) is 24.4 Å². The van der Waals surface area contributed by atoms with Gasteiger partial charge in [-0.25, -0.2) is 0 Å². The van der Waals surface area contributed by atoms with E-state index in [0.29, 0.717) is 26.3 Å². The van der Waals surface area contributed by atoms with Gasteiger partial charge in [0, 0.05) is 18.0 Å². The van der Waals surface area contributed by atoms with E-state index in [1.165, 1.54) is 4.88 Å². The molecule has 0 aliphatic heterocycles. The lowest BCUT2D eigenvalue weighted by molar-refractivity contribution is 0.191. The average molecular weight is 321 g/mol. The molecule has 22 heavy (non-hydrogen) atoms. The van der Waals surface area contributed by atoms with Crippen LogP contribution in [0.5, 0.6) is 11.5 Å². The molecule has 0 saturated heterocycles. The zero-order valence-electron chi connectivity index (χ0n) is 13.0. The molecule has 0 saturated carbocycles. The lowest BCUT2D eigenvalue weighted by atomic mass is 10.2. The molecule has 5 heteroatoms. The topological polar surface area (TPSA) is 50.7 Å². The van der Waals surface area contributed by atoms with Gasteiger partial charge in [0.05, 0.1) is 12.7 Å². The summed E-state index contributed by atoms with van der Waals surface area (Å²) in [5.41, 5.74) is 1.10. The van der Waals surface area contributed by atoms with Crippen molar-refractivity contribution in [1.29, 1.82) is 0 Å². The average Bonchev–Trinajstić information content (AvgIpc) is 3.00. The molecule has 1 aromatic heterocycles. The number of aliphatic hydroxyl groups is 1. The highest BCUT2D eigenvalue weighted by molar-refractivity contribution is 7.09. The van der Waals surface area contributed by atoms with Crippen LogP contribution in [0.4, 0.5) is 0 Å². The van der Waals surface area contributed by atoms with E-state index in [0.717, 1.165) is 17.1 Å². The molecule has 0 spiro atoms. The van der Waals surface area contributed by atoms with Crippen molar-refractivity contribution in [2.24, 2.45) is 0 Å². The zero-order valence-corrected chi connectivity index (χ0v) is 13.9. The number of nitrogens with one attached hydrogen (secondary N) is 1. The van der Waals surface area contributed by atoms with Gasteiger partial charge in [-0.05, 0) is 43.0 Å². The molecule has 0 fully saturated rings. The highest BCUT2D eigenvalue weighted by Crippen LogP contribution is 2.29. The van der Waals surface area contributed by atoms with Gasteiger partial charge < -0.3 is 19.9 Å². The van der Waals surface area contributed by atoms with Gasteiger partial charge in [0.1, 0.15) is 6.61 Å². The molecular formula is C17H23NO3S. The van der Waals surface area contributed by atoms with Crippen LogP contribution in [0, 0.1) is 0 Å². The van der Waals surface area contributed by atoms with E-state index in [4.69, 9.17) is 9.47 Å². The Hall–Kier alpha value is -1.56. The number of ether oxygens (including phenoxy) is 2. The summed E-state index contributed by atoms with van der Waals surface area (Å²) in [4.78, 5) is 1.19. The van der Waals surface area contributed by atoms with Gasteiger partial charge in [-0.2, -0.15) is 0 Å². The number of rotatable bonds is 9. The van der Waals surface area contributed by atoms with E-state index in [1.807, 2.05) is 36.6 Å². The third-order valence-corrected chi connectivity index (χ3v) is 3.88. The summed E-state index contributed by atoms with van der Waals surface area (Å²) in [6.07, 6.45) is -0.347. The molecule has 1 aromatic carbocycles. The van der Waals surface area contributed by atoms with Crippen LogP contribution in [-0.2, 0) is 13.2 Å². The van der Waals surface area contributed by atoms with Crippen LogP contribution in [0.2, 0.25) is 0 Å². The monoisotopic (exact) mass is 321 g/mol. The van der Waals surface area contributed by atoms with Crippen molar-refractivity contribution >= 4 is 11.3 Å². The molecule has 2 aromatic rings. The SMILES string of the molecule is CCOc1cc(CNC[C@H](C)O)ccc1OCc1cccs1. The van der Waals surface area contributed by atoms with E-state index in [9.17, 15) is 5.11 Å². The molecule has 0 amide bonds. The molecule has 0 unspecified atom stereocenters. The summed E-state index contributed by atoms with van der Waals surface area (Å²) in [5.74, 6) is 1.52. The Morgan fingerprint density at radius 2 is 2.09 bits per heavy atom. The minimum Gasteiger partial charge on any atom is -0.490 e. The lowest BCUT2D eigenvalue weighted by Gasteiger charge is -2.14. The maximum absolute atomic E-state index is 9.27. The molecular weight excluding hydrogens is 298 g/mol. The maximum atomic E-state index is 9.27. The van der Waals surface area contributed by atoms with Crippen molar-refractivity contribution < 1.29 is 14.6 Å². The number of thiophene rings is 1. The van der Waals surface area contributed by atoms with Gasteiger partial charge in [0.25, 0.3) is 0 Å². The normalized spacial score (nSPS) is 12.1. The molecule has 120 valence electrons. The first-order valence-corrected chi connectivity index (χ1v) is 8.36. The number of hydrogen-bond donors (Lipinski definition) is 2. The second kappa shape index (κ2) is 8.78. The predicted molar refractivity (Wildman–Crippen MR) is 89.6 cm³/mol. The van der Waals surface area contributed by atoms with Crippen molar-refractivity contribution in [2.75, 3.05) is 13.2 Å². The summed E-state index contributed by atoms with van der Waals surface area (Å²) < 4.78 is 11.5. The van der Waals surface area contributed by atoms with Gasteiger partial charge in [0.15, 0.2) is 11.5 Å². The number of aliphatic hydroxyl groups excluding tert-OH is 1. The van der Waals surface area contributed by atoms with E-state index >= 15 is 0 Å². The van der Waals surface area contributed by atoms with Crippen molar-refractivity contribution in [2.45, 2.75) is 33.1 Å². The van der Waals surface area contributed by atoms with Gasteiger partial charge in [0.2, 0.25) is 0 Å². The van der Waals surface area contributed by atoms with E-state index in [2.05, 4.69) is 11.4 Å². The fraction of sp³-hybridized carbons (Fsp3) is 0.412. The molecule has 0 aliphatic carbocycles. The Balaban J connectivity index is 1.99. The second-order valence-electron chi connectivity index (χ2n) is 5.06. The van der Waals surface area contributed by atoms with Crippen LogP contribution >= 0.6 is 11.3 Å². The molecule has 0 bridgehead atoms. The Morgan fingerprint density at radius 1 is 1.23 bits per heavy atom. The van der Waals surface area contributed by atoms with Crippen molar-refractivity contribution in [3.8, 4) is 11.5 Å². The molecule has 0 aliphatic rings. The Kier molecular flexibility index (Phi) is 6.71. The molecule has 1 atom stereocenters. The van der Waals surface area contributed by atoms with E-state index in [1.54, 1.807) is 18.3 Å². The first-order chi connectivity index (χ1) is 10.7. The fourth-order valence-electron chi connectivity index (χ4n) is 2.02. The highest BCUT2D eigenvalue weighted by Gasteiger charge is 2.07. The van der Waals surface area contributed by atoms with E-state index in [-0.39, 0.29) is 6.10 Å². The summed E-state index contributed by atoms with van der Waals surface area (Å²) in [6.45, 7) is 6.13. The molecule has 2 rings (SSSR count). The summed E-state index contributed by atoms with van der Waals surface area (Å²) in [5, 5.41) is 14.5. The van der Waals surface area contributed by atoms with Crippen LogP contribution in [0.25, 0.3) is 0 Å². The van der Waals surface area contributed by atoms with Gasteiger partial charge >= 0.3 is 0 Å². The first-order valence-electron chi connectivity index (χ1n) is 7.48. The first kappa shape index (κ1) is 16.8. The largest absolute Gasteiger partial charge is 0.490 e. The van der Waals surface area contributed by atoms with Crippen LogP contribution in [0.3, 0.4) is 0 Å². The highest BCUT2D eigenvalue weighted by atomic mass is 32.1. The number of hydrogen-bond acceptors (Lipinski definition) is 5. The van der Waals surface area contributed by atoms with Crippen molar-refractivity contribution in [3.05, 3.63) is 46.2 Å².